The van der Waals surface area contributed by atoms with Gasteiger partial charge in [-0.1, -0.05) is 225 Å². The van der Waals surface area contributed by atoms with E-state index in [9.17, 15) is 19.8 Å². The maximum absolute atomic E-state index is 12.4. The van der Waals surface area contributed by atoms with Gasteiger partial charge in [-0.15, -0.1) is 0 Å². The lowest BCUT2D eigenvalue weighted by molar-refractivity contribution is -0.143. The van der Waals surface area contributed by atoms with Gasteiger partial charge in [-0.2, -0.15) is 0 Å². The Balaban J connectivity index is 3.46. The number of allylic oxidation sites excluding steroid dienone is 1. The molecule has 1 amide bonds. The molecule has 0 rings (SSSR count). The van der Waals surface area contributed by atoms with E-state index < -0.39 is 12.1 Å². The number of hydrogen-bond acceptors (Lipinski definition) is 5. The molecule has 6 nitrogen and oxygen atoms in total. The van der Waals surface area contributed by atoms with Gasteiger partial charge in [-0.25, -0.2) is 0 Å². The van der Waals surface area contributed by atoms with Crippen LogP contribution in [-0.2, 0) is 14.3 Å². The fourth-order valence-corrected chi connectivity index (χ4v) is 7.34. The molecule has 0 aliphatic rings. The summed E-state index contributed by atoms with van der Waals surface area (Å²) in [5.41, 5.74) is 0. The molecule has 0 bridgehead atoms. The number of unbranched alkanes of at least 4 members (excludes halogenated alkanes) is 33. The average molecular weight is 764 g/mol. The highest BCUT2D eigenvalue weighted by molar-refractivity contribution is 5.76. The van der Waals surface area contributed by atoms with Crippen LogP contribution in [0, 0.1) is 0 Å². The Kier molecular flexibility index (Phi) is 43.2. The zero-order chi connectivity index (χ0) is 39.4. The molecule has 0 aliphatic heterocycles. The summed E-state index contributed by atoms with van der Waals surface area (Å²) in [6.45, 7) is 4.82. The van der Waals surface area contributed by atoms with Crippen molar-refractivity contribution in [3.05, 3.63) is 12.2 Å². The molecule has 0 aromatic rings. The van der Waals surface area contributed by atoms with Gasteiger partial charge in [-0.05, 0) is 32.1 Å². The number of nitrogens with one attached hydrogen (secondary N) is 1. The van der Waals surface area contributed by atoms with E-state index in [0.29, 0.717) is 19.4 Å². The Morgan fingerprint density at radius 3 is 1.26 bits per heavy atom. The lowest BCUT2D eigenvalue weighted by Crippen LogP contribution is -2.45. The van der Waals surface area contributed by atoms with E-state index in [1.54, 1.807) is 6.08 Å². The van der Waals surface area contributed by atoms with Gasteiger partial charge in [-0.3, -0.25) is 9.59 Å². The summed E-state index contributed by atoms with van der Waals surface area (Å²) >= 11 is 0. The maximum Gasteiger partial charge on any atom is 0.305 e. The molecule has 0 heterocycles. The van der Waals surface area contributed by atoms with Crippen LogP contribution >= 0.6 is 0 Å². The third-order valence-corrected chi connectivity index (χ3v) is 11.1. The largest absolute Gasteiger partial charge is 0.466 e. The maximum atomic E-state index is 12.4. The molecular weight excluding hydrogens is 671 g/mol. The first-order chi connectivity index (χ1) is 26.5. The van der Waals surface area contributed by atoms with Crippen LogP contribution in [0.25, 0.3) is 0 Å². The minimum Gasteiger partial charge on any atom is -0.466 e. The highest BCUT2D eigenvalue weighted by Crippen LogP contribution is 2.16. The summed E-state index contributed by atoms with van der Waals surface area (Å²) < 4.78 is 5.45. The second-order valence-corrected chi connectivity index (χ2v) is 16.5. The standard InChI is InChI=1S/C48H93NO5/c1-3-5-7-9-11-13-15-16-17-18-19-20-21-22-26-30-34-38-42-48(53)54-43-39-35-31-27-23-25-29-33-37-41-47(52)49-45(44-50)46(51)40-36-32-28-24-14-12-10-8-6-4-2/h36,40,45-46,50-51H,3-35,37-39,41-44H2,1-2H3,(H,49,52)/b40-36+. The van der Waals surface area contributed by atoms with Crippen molar-refractivity contribution in [2.45, 2.75) is 270 Å². The topological polar surface area (TPSA) is 95.9 Å². The van der Waals surface area contributed by atoms with Crippen molar-refractivity contribution in [1.82, 2.24) is 5.32 Å². The highest BCUT2D eigenvalue weighted by atomic mass is 16.5. The SMILES string of the molecule is CCCCCCCCCC/C=C/C(O)C(CO)NC(=O)CCCCCCCCCCCOC(=O)CCCCCCCCCCCCCCCCCCCC. The third kappa shape index (κ3) is 40.3. The fraction of sp³-hybridized carbons (Fsp3) is 0.917. The summed E-state index contributed by atoms with van der Waals surface area (Å²) in [4.78, 5) is 24.4. The average Bonchev–Trinajstić information content (AvgIpc) is 3.17. The Hall–Kier alpha value is -1.40. The molecule has 2 atom stereocenters. The predicted molar refractivity (Wildman–Crippen MR) is 232 cm³/mol. The van der Waals surface area contributed by atoms with Gasteiger partial charge in [0.1, 0.15) is 0 Å². The molecule has 0 aliphatic carbocycles. The molecule has 0 aromatic carbocycles. The zero-order valence-electron chi connectivity index (χ0n) is 36.2. The molecule has 3 N–H and O–H groups in total. The minimum absolute atomic E-state index is 0.0237. The first kappa shape index (κ1) is 52.6. The first-order valence-corrected chi connectivity index (χ1v) is 24.0. The number of carbonyl (C=O) groups is 2. The molecule has 0 fully saturated rings. The second-order valence-electron chi connectivity index (χ2n) is 16.5. The molecule has 6 heteroatoms. The van der Waals surface area contributed by atoms with Crippen molar-refractivity contribution >= 4 is 11.9 Å². The number of rotatable bonds is 44. The van der Waals surface area contributed by atoms with Gasteiger partial charge in [0.05, 0.1) is 25.4 Å². The molecule has 0 saturated carbocycles. The Bertz CT molecular complexity index is 802. The van der Waals surface area contributed by atoms with E-state index >= 15 is 0 Å². The van der Waals surface area contributed by atoms with E-state index in [-0.39, 0.29) is 18.5 Å². The van der Waals surface area contributed by atoms with Gasteiger partial charge < -0.3 is 20.3 Å². The Morgan fingerprint density at radius 1 is 0.500 bits per heavy atom. The molecule has 0 aromatic heterocycles. The zero-order valence-corrected chi connectivity index (χ0v) is 36.2. The van der Waals surface area contributed by atoms with Gasteiger partial charge in [0.15, 0.2) is 0 Å². The number of esters is 1. The Morgan fingerprint density at radius 2 is 0.852 bits per heavy atom. The van der Waals surface area contributed by atoms with Crippen molar-refractivity contribution < 1.29 is 24.5 Å². The van der Waals surface area contributed by atoms with Crippen molar-refractivity contribution in [3.63, 3.8) is 0 Å². The van der Waals surface area contributed by atoms with Crippen molar-refractivity contribution in [3.8, 4) is 0 Å². The number of aliphatic hydroxyl groups excluding tert-OH is 2. The van der Waals surface area contributed by atoms with Gasteiger partial charge >= 0.3 is 5.97 Å². The van der Waals surface area contributed by atoms with Crippen LogP contribution in [-0.4, -0.2) is 47.4 Å². The fourth-order valence-electron chi connectivity index (χ4n) is 7.34. The summed E-state index contributed by atoms with van der Waals surface area (Å²) in [7, 11) is 0. The summed E-state index contributed by atoms with van der Waals surface area (Å²) in [5, 5.41) is 22.9. The van der Waals surface area contributed by atoms with Crippen LogP contribution in [0.15, 0.2) is 12.2 Å². The number of hydrogen-bond donors (Lipinski definition) is 3. The van der Waals surface area contributed by atoms with Gasteiger partial charge in [0, 0.05) is 12.8 Å². The van der Waals surface area contributed by atoms with E-state index in [4.69, 9.17) is 4.74 Å². The van der Waals surface area contributed by atoms with Crippen molar-refractivity contribution in [2.75, 3.05) is 13.2 Å². The van der Waals surface area contributed by atoms with Gasteiger partial charge in [0.2, 0.25) is 5.91 Å². The minimum atomic E-state index is -0.858. The van der Waals surface area contributed by atoms with Crippen LogP contribution in [0.3, 0.4) is 0 Å². The number of amides is 1. The molecular formula is C48H93NO5. The molecule has 54 heavy (non-hydrogen) atoms. The number of carbonyl (C=O) groups excluding carboxylic acids is 2. The first-order valence-electron chi connectivity index (χ1n) is 24.0. The highest BCUT2D eigenvalue weighted by Gasteiger charge is 2.18. The Labute approximate surface area is 336 Å². The number of ether oxygens (including phenoxy) is 1. The van der Waals surface area contributed by atoms with E-state index in [1.165, 1.54) is 173 Å². The summed E-state index contributed by atoms with van der Waals surface area (Å²) in [6.07, 6.45) is 49.2. The smallest absolute Gasteiger partial charge is 0.305 e. The second kappa shape index (κ2) is 44.3. The summed E-state index contributed by atoms with van der Waals surface area (Å²) in [6, 6.07) is -0.644. The lowest BCUT2D eigenvalue weighted by atomic mass is 10.0. The van der Waals surface area contributed by atoms with Crippen LogP contribution < -0.4 is 5.32 Å². The van der Waals surface area contributed by atoms with E-state index in [0.717, 1.165) is 57.8 Å². The van der Waals surface area contributed by atoms with Crippen LogP contribution in [0.2, 0.25) is 0 Å². The molecule has 0 saturated heterocycles. The summed E-state index contributed by atoms with van der Waals surface area (Å²) in [5.74, 6) is -0.120. The van der Waals surface area contributed by atoms with Crippen molar-refractivity contribution in [2.24, 2.45) is 0 Å². The van der Waals surface area contributed by atoms with Crippen LogP contribution in [0.4, 0.5) is 0 Å². The predicted octanol–water partition coefficient (Wildman–Crippen LogP) is 13.8. The monoisotopic (exact) mass is 764 g/mol. The lowest BCUT2D eigenvalue weighted by Gasteiger charge is -2.20. The van der Waals surface area contributed by atoms with E-state index in [2.05, 4.69) is 19.2 Å². The third-order valence-electron chi connectivity index (χ3n) is 11.1. The molecule has 2 unspecified atom stereocenters. The van der Waals surface area contributed by atoms with Gasteiger partial charge in [0.25, 0.3) is 0 Å². The van der Waals surface area contributed by atoms with Crippen LogP contribution in [0.1, 0.15) is 258 Å². The van der Waals surface area contributed by atoms with E-state index in [1.807, 2.05) is 6.08 Å². The number of aliphatic hydroxyl groups is 2. The quantitative estimate of drug-likeness (QED) is 0.0326. The normalized spacial score (nSPS) is 12.7. The van der Waals surface area contributed by atoms with Crippen molar-refractivity contribution in [1.29, 1.82) is 0 Å². The molecule has 0 radical (unpaired) electrons. The molecule has 0 spiro atoms. The molecule has 320 valence electrons. The van der Waals surface area contributed by atoms with Crippen LogP contribution in [0.5, 0.6) is 0 Å².